The number of hydrogen-bond donors (Lipinski definition) is 3. The topological polar surface area (TPSA) is 145 Å². The molecule has 5 heterocycles. The summed E-state index contributed by atoms with van der Waals surface area (Å²) >= 11 is 6.86. The second-order valence-corrected chi connectivity index (χ2v) is 14.3. The summed E-state index contributed by atoms with van der Waals surface area (Å²) in [6.07, 6.45) is 6.08. The number of halogens is 2. The summed E-state index contributed by atoms with van der Waals surface area (Å²) in [5, 5.41) is 13.5. The number of carbonyl (C=O) groups is 3. The number of piperidine rings is 2. The lowest BCUT2D eigenvalue weighted by Gasteiger charge is -2.37. The minimum Gasteiger partial charge on any atom is -0.496 e. The number of aromatic amines is 1. The number of imide groups is 1. The van der Waals surface area contributed by atoms with Gasteiger partial charge in [0.15, 0.2) is 0 Å². The zero-order chi connectivity index (χ0) is 36.5. The normalized spacial score (nSPS) is 18.9. The lowest BCUT2D eigenvalue weighted by molar-refractivity contribution is -0.135. The third kappa shape index (κ3) is 7.35. The van der Waals surface area contributed by atoms with Crippen LogP contribution in [0.25, 0.3) is 22.0 Å². The minimum atomic E-state index is -0.575. The van der Waals surface area contributed by atoms with Gasteiger partial charge in [-0.25, -0.2) is 4.39 Å². The number of H-pyrrole nitrogens is 1. The van der Waals surface area contributed by atoms with Crippen molar-refractivity contribution >= 4 is 51.6 Å². The van der Waals surface area contributed by atoms with Crippen LogP contribution in [0.1, 0.15) is 37.7 Å². The number of methoxy groups -OCH3 is 1. The van der Waals surface area contributed by atoms with E-state index < -0.39 is 11.9 Å². The molecular formula is C37H42ClFN8O5. The van der Waals surface area contributed by atoms with Gasteiger partial charge in [0.1, 0.15) is 23.1 Å². The number of pyridine rings is 1. The van der Waals surface area contributed by atoms with Crippen molar-refractivity contribution in [2.45, 2.75) is 44.7 Å². The Hall–Kier alpha value is -4.95. The number of anilines is 2. The number of aryl methyl sites for hydroxylation is 1. The third-order valence-corrected chi connectivity index (χ3v) is 10.9. The van der Waals surface area contributed by atoms with E-state index in [0.717, 1.165) is 29.5 Å². The molecule has 1 unspecified atom stereocenters. The molecule has 0 spiro atoms. The van der Waals surface area contributed by atoms with Crippen LogP contribution in [0.2, 0.25) is 5.02 Å². The van der Waals surface area contributed by atoms with E-state index in [1.165, 1.54) is 10.6 Å². The summed E-state index contributed by atoms with van der Waals surface area (Å²) < 4.78 is 22.5. The van der Waals surface area contributed by atoms with Gasteiger partial charge in [0, 0.05) is 99.1 Å². The Bertz CT molecular complexity index is 2070. The molecule has 0 aliphatic carbocycles. The van der Waals surface area contributed by atoms with E-state index in [2.05, 4.69) is 25.7 Å². The molecule has 15 heteroatoms. The fraction of sp³-hybridized carbons (Fsp3) is 0.432. The van der Waals surface area contributed by atoms with Crippen LogP contribution in [0, 0.1) is 11.7 Å². The molecule has 3 amide bonds. The maximum atomic E-state index is 15.2. The monoisotopic (exact) mass is 732 g/mol. The molecule has 3 fully saturated rings. The second kappa shape index (κ2) is 15.0. The average Bonchev–Trinajstić information content (AvgIpc) is 3.63. The molecule has 2 aromatic carbocycles. The highest BCUT2D eigenvalue weighted by Gasteiger charge is 2.29. The largest absolute Gasteiger partial charge is 0.496 e. The predicted molar refractivity (Wildman–Crippen MR) is 196 cm³/mol. The maximum absolute atomic E-state index is 15.2. The average molecular weight is 733 g/mol. The van der Waals surface area contributed by atoms with Crippen molar-refractivity contribution in [2.75, 3.05) is 56.6 Å². The summed E-state index contributed by atoms with van der Waals surface area (Å²) in [5.74, 6) is -0.0376. The first kappa shape index (κ1) is 35.5. The number of rotatable bonds is 9. The number of aromatic nitrogens is 3. The molecule has 4 aromatic rings. The second-order valence-electron chi connectivity index (χ2n) is 13.9. The van der Waals surface area contributed by atoms with E-state index >= 15 is 4.39 Å². The molecule has 52 heavy (non-hydrogen) atoms. The van der Waals surface area contributed by atoms with Gasteiger partial charge in [0.25, 0.3) is 5.56 Å². The number of amides is 3. The number of fused-ring (bicyclic) bond motifs is 1. The Labute approximate surface area is 305 Å². The molecule has 2 aromatic heterocycles. The number of carbonyl (C=O) groups excluding carboxylic acids is 3. The molecule has 3 aliphatic rings. The molecule has 7 rings (SSSR count). The molecule has 3 aliphatic heterocycles. The van der Waals surface area contributed by atoms with Gasteiger partial charge in [-0.3, -0.25) is 34.5 Å². The van der Waals surface area contributed by atoms with Crippen LogP contribution in [0.3, 0.4) is 0 Å². The lowest BCUT2D eigenvalue weighted by Crippen LogP contribution is -2.49. The summed E-state index contributed by atoms with van der Waals surface area (Å²) in [6.45, 7) is 4.53. The van der Waals surface area contributed by atoms with Crippen LogP contribution < -0.4 is 25.8 Å². The highest BCUT2D eigenvalue weighted by atomic mass is 35.5. The first-order valence-corrected chi connectivity index (χ1v) is 18.0. The van der Waals surface area contributed by atoms with Gasteiger partial charge >= 0.3 is 0 Å². The maximum Gasteiger partial charge on any atom is 0.276 e. The molecule has 0 saturated carbocycles. The van der Waals surface area contributed by atoms with Crippen LogP contribution in [-0.4, -0.2) is 94.7 Å². The summed E-state index contributed by atoms with van der Waals surface area (Å²) in [6, 6.07) is 8.11. The molecule has 274 valence electrons. The number of piperazine rings is 1. The fourth-order valence-corrected chi connectivity index (χ4v) is 7.77. The van der Waals surface area contributed by atoms with E-state index in [1.807, 2.05) is 21.9 Å². The van der Waals surface area contributed by atoms with E-state index in [0.29, 0.717) is 91.7 Å². The van der Waals surface area contributed by atoms with Crippen molar-refractivity contribution < 1.29 is 23.5 Å². The quantitative estimate of drug-likeness (QED) is 0.218. The molecular weight excluding hydrogens is 691 g/mol. The zero-order valence-corrected chi connectivity index (χ0v) is 30.0. The number of hydrogen-bond acceptors (Lipinski definition) is 9. The van der Waals surface area contributed by atoms with Gasteiger partial charge in [0.2, 0.25) is 17.7 Å². The van der Waals surface area contributed by atoms with Gasteiger partial charge in [-0.1, -0.05) is 11.6 Å². The smallest absolute Gasteiger partial charge is 0.276 e. The van der Waals surface area contributed by atoms with E-state index in [1.54, 1.807) is 38.7 Å². The number of nitrogens with zero attached hydrogens (tertiary/aromatic N) is 5. The highest BCUT2D eigenvalue weighted by molar-refractivity contribution is 6.32. The van der Waals surface area contributed by atoms with Crippen molar-refractivity contribution in [3.8, 4) is 16.9 Å². The molecule has 3 N–H and O–H groups in total. The van der Waals surface area contributed by atoms with Gasteiger partial charge in [-0.05, 0) is 61.1 Å². The van der Waals surface area contributed by atoms with Crippen LogP contribution in [0.4, 0.5) is 15.8 Å². The summed E-state index contributed by atoms with van der Waals surface area (Å²) in [4.78, 5) is 55.6. The zero-order valence-electron chi connectivity index (χ0n) is 29.2. The third-order valence-electron chi connectivity index (χ3n) is 10.5. The van der Waals surface area contributed by atoms with Gasteiger partial charge < -0.3 is 24.4 Å². The van der Waals surface area contributed by atoms with Crippen LogP contribution in [0.5, 0.6) is 5.75 Å². The molecule has 1 atom stereocenters. The summed E-state index contributed by atoms with van der Waals surface area (Å²) in [5.41, 5.74) is 3.76. The van der Waals surface area contributed by atoms with E-state index in [-0.39, 0.29) is 35.5 Å². The number of ether oxygens (including phenoxy) is 1. The van der Waals surface area contributed by atoms with E-state index in [9.17, 15) is 19.2 Å². The SMILES string of the molecule is COc1cc(-c2cn(C)c(=O)c3[nH]ncc23)cc(Cl)c1CN1CCN(C(=O)CC2CCN(c3ccc(NC4CCC(=O)NC4=O)cc3F)CC2)CC1. The van der Waals surface area contributed by atoms with Crippen molar-refractivity contribution in [3.63, 3.8) is 0 Å². The molecule has 0 bridgehead atoms. The highest BCUT2D eigenvalue weighted by Crippen LogP contribution is 2.36. The first-order chi connectivity index (χ1) is 25.1. The Morgan fingerprint density at radius 2 is 1.83 bits per heavy atom. The van der Waals surface area contributed by atoms with Crippen LogP contribution >= 0.6 is 11.6 Å². The Balaban J connectivity index is 0.897. The molecule has 0 radical (unpaired) electrons. The predicted octanol–water partition coefficient (Wildman–Crippen LogP) is 3.90. The van der Waals surface area contributed by atoms with Gasteiger partial charge in [-0.2, -0.15) is 5.10 Å². The number of nitrogens with one attached hydrogen (secondary N) is 3. The van der Waals surface area contributed by atoms with Crippen molar-refractivity contribution in [1.82, 2.24) is 29.9 Å². The van der Waals surface area contributed by atoms with Gasteiger partial charge in [-0.15, -0.1) is 0 Å². The lowest BCUT2D eigenvalue weighted by atomic mass is 9.92. The van der Waals surface area contributed by atoms with Gasteiger partial charge in [0.05, 0.1) is 19.0 Å². The van der Waals surface area contributed by atoms with E-state index in [4.69, 9.17) is 16.3 Å². The number of benzene rings is 2. The molecule has 13 nitrogen and oxygen atoms in total. The minimum absolute atomic E-state index is 0.149. The fourth-order valence-electron chi connectivity index (χ4n) is 7.50. The van der Waals surface area contributed by atoms with Crippen molar-refractivity contribution in [3.05, 3.63) is 69.5 Å². The Morgan fingerprint density at radius 3 is 2.54 bits per heavy atom. The van der Waals surface area contributed by atoms with Crippen LogP contribution in [-0.2, 0) is 28.0 Å². The Kier molecular flexibility index (Phi) is 10.2. The first-order valence-electron chi connectivity index (χ1n) is 17.6. The van der Waals surface area contributed by atoms with Crippen molar-refractivity contribution in [2.24, 2.45) is 13.0 Å². The standard InChI is InChI=1S/C37H42ClFN8O5/c1-44-20-26(25-19-40-43-35(25)37(44)51)23-16-28(38)27(32(17-23)52-2)21-45-11-13-47(14-12-45)34(49)15-22-7-9-46(10-8-22)31-5-3-24(18-29(31)39)41-30-4-6-33(48)42-36(30)50/h3,5,16-20,22,30,41H,4,6-15,21H2,1-2H3,(H,40,43)(H,42,48,50). The van der Waals surface area contributed by atoms with Crippen LogP contribution in [0.15, 0.2) is 47.5 Å². The van der Waals surface area contributed by atoms with Crippen molar-refractivity contribution in [1.29, 1.82) is 0 Å². The molecule has 3 saturated heterocycles. The Morgan fingerprint density at radius 1 is 1.06 bits per heavy atom. The summed E-state index contributed by atoms with van der Waals surface area (Å²) in [7, 11) is 3.31.